The first kappa shape index (κ1) is 21.5. The second-order valence-corrected chi connectivity index (χ2v) is 10.1. The van der Waals surface area contributed by atoms with Gasteiger partial charge in [0.2, 0.25) is 0 Å². The summed E-state index contributed by atoms with van der Waals surface area (Å²) >= 11 is 1.85. The molecule has 2 fully saturated rings. The SMILES string of the molecule is CNCCOc1ccc(-c2cc(N3CC4CCNCC4C3)c3sc(N(C)C)cc3n2)cc1. The van der Waals surface area contributed by atoms with E-state index in [9.17, 15) is 0 Å². The Bertz CT molecular complexity index is 1050. The Morgan fingerprint density at radius 1 is 1.19 bits per heavy atom. The molecular formula is C25H33N5OS. The summed E-state index contributed by atoms with van der Waals surface area (Å²) in [6.07, 6.45) is 1.28. The highest BCUT2D eigenvalue weighted by Gasteiger charge is 2.35. The summed E-state index contributed by atoms with van der Waals surface area (Å²) < 4.78 is 7.10. The van der Waals surface area contributed by atoms with Gasteiger partial charge in [0, 0.05) is 39.3 Å². The summed E-state index contributed by atoms with van der Waals surface area (Å²) in [5.74, 6) is 2.44. The Labute approximate surface area is 194 Å². The molecule has 6 nitrogen and oxygen atoms in total. The normalized spacial score (nSPS) is 20.5. The number of piperidine rings is 1. The molecule has 2 aliphatic rings. The minimum atomic E-state index is 0.665. The predicted molar refractivity (Wildman–Crippen MR) is 135 cm³/mol. The number of fused-ring (bicyclic) bond motifs is 2. The third kappa shape index (κ3) is 4.29. The molecule has 0 bridgehead atoms. The summed E-state index contributed by atoms with van der Waals surface area (Å²) in [5.41, 5.74) is 4.59. The Morgan fingerprint density at radius 2 is 2.00 bits per heavy atom. The van der Waals surface area contributed by atoms with Crippen molar-refractivity contribution in [3.8, 4) is 17.0 Å². The molecule has 0 saturated carbocycles. The van der Waals surface area contributed by atoms with E-state index >= 15 is 0 Å². The highest BCUT2D eigenvalue weighted by molar-refractivity contribution is 7.23. The summed E-state index contributed by atoms with van der Waals surface area (Å²) in [6, 6.07) is 12.9. The molecule has 5 rings (SSSR count). The minimum absolute atomic E-state index is 0.665. The van der Waals surface area contributed by atoms with Crippen molar-refractivity contribution < 1.29 is 4.74 Å². The van der Waals surface area contributed by atoms with E-state index in [0.29, 0.717) is 6.61 Å². The fourth-order valence-corrected chi connectivity index (χ4v) is 5.92. The fourth-order valence-electron chi connectivity index (χ4n) is 4.86. The van der Waals surface area contributed by atoms with E-state index in [0.717, 1.165) is 67.1 Å². The lowest BCUT2D eigenvalue weighted by atomic mass is 9.90. The lowest BCUT2D eigenvalue weighted by Crippen LogP contribution is -2.35. The highest BCUT2D eigenvalue weighted by atomic mass is 32.1. The van der Waals surface area contributed by atoms with E-state index in [2.05, 4.69) is 58.8 Å². The summed E-state index contributed by atoms with van der Waals surface area (Å²) in [5, 5.41) is 7.94. The van der Waals surface area contributed by atoms with Crippen LogP contribution in [0.2, 0.25) is 0 Å². The molecule has 2 saturated heterocycles. The first-order valence-corrected chi connectivity index (χ1v) is 12.4. The number of hydrogen-bond acceptors (Lipinski definition) is 7. The van der Waals surface area contributed by atoms with Gasteiger partial charge in [-0.25, -0.2) is 4.98 Å². The summed E-state index contributed by atoms with van der Waals surface area (Å²) in [7, 11) is 6.14. The maximum absolute atomic E-state index is 5.80. The first-order valence-electron chi connectivity index (χ1n) is 11.6. The number of aromatic nitrogens is 1. The van der Waals surface area contributed by atoms with E-state index < -0.39 is 0 Å². The molecule has 2 aromatic heterocycles. The maximum atomic E-state index is 5.80. The molecule has 2 N–H and O–H groups in total. The van der Waals surface area contributed by atoms with Crippen molar-refractivity contribution in [1.82, 2.24) is 15.6 Å². The highest BCUT2D eigenvalue weighted by Crippen LogP contribution is 2.42. The number of hydrogen-bond donors (Lipinski definition) is 2. The monoisotopic (exact) mass is 451 g/mol. The Balaban J connectivity index is 1.49. The molecule has 170 valence electrons. The molecule has 0 amide bonds. The van der Waals surface area contributed by atoms with E-state index in [-0.39, 0.29) is 0 Å². The van der Waals surface area contributed by atoms with E-state index in [1.807, 2.05) is 30.5 Å². The maximum Gasteiger partial charge on any atom is 0.119 e. The van der Waals surface area contributed by atoms with E-state index in [1.54, 1.807) is 0 Å². The smallest absolute Gasteiger partial charge is 0.119 e. The molecule has 0 aliphatic carbocycles. The van der Waals surface area contributed by atoms with Crippen molar-refractivity contribution in [2.24, 2.45) is 11.8 Å². The zero-order valence-corrected chi connectivity index (χ0v) is 20.0. The first-order chi connectivity index (χ1) is 15.6. The molecule has 2 unspecified atom stereocenters. The average Bonchev–Trinajstić information content (AvgIpc) is 3.43. The van der Waals surface area contributed by atoms with Crippen LogP contribution >= 0.6 is 11.3 Å². The average molecular weight is 452 g/mol. The van der Waals surface area contributed by atoms with Crippen LogP contribution < -0.4 is 25.2 Å². The Kier molecular flexibility index (Phi) is 6.22. The molecule has 2 aliphatic heterocycles. The van der Waals surface area contributed by atoms with Gasteiger partial charge < -0.3 is 25.2 Å². The summed E-state index contributed by atoms with van der Waals surface area (Å²) in [4.78, 5) is 9.86. The molecule has 7 heteroatoms. The van der Waals surface area contributed by atoms with Crippen LogP contribution in [0.25, 0.3) is 21.5 Å². The van der Waals surface area contributed by atoms with Gasteiger partial charge in [0.1, 0.15) is 12.4 Å². The van der Waals surface area contributed by atoms with Gasteiger partial charge in [0.25, 0.3) is 0 Å². The standard InChI is InChI=1S/C25H33N5OS/c1-26-10-11-31-20-6-4-17(5-7-20)21-12-23(25-22(28-21)13-24(32-25)29(2)3)30-15-18-8-9-27-14-19(18)16-30/h4-7,12-13,18-19,26-27H,8-11,14-16H2,1-3H3. The quantitative estimate of drug-likeness (QED) is 0.535. The Hall–Kier alpha value is -2.35. The van der Waals surface area contributed by atoms with Gasteiger partial charge in [-0.05, 0) is 74.8 Å². The molecular weight excluding hydrogens is 418 g/mol. The lowest BCUT2D eigenvalue weighted by Gasteiger charge is -2.23. The molecule has 32 heavy (non-hydrogen) atoms. The predicted octanol–water partition coefficient (Wildman–Crippen LogP) is 3.67. The number of nitrogens with zero attached hydrogens (tertiary/aromatic N) is 3. The summed E-state index contributed by atoms with van der Waals surface area (Å²) in [6.45, 7) is 6.08. The van der Waals surface area contributed by atoms with Crippen LogP contribution in [0.1, 0.15) is 6.42 Å². The van der Waals surface area contributed by atoms with Gasteiger partial charge in [-0.1, -0.05) is 0 Å². The van der Waals surface area contributed by atoms with Crippen LogP contribution in [0.4, 0.5) is 10.7 Å². The number of rotatable bonds is 7. The minimum Gasteiger partial charge on any atom is -0.492 e. The van der Waals surface area contributed by atoms with Gasteiger partial charge in [-0.3, -0.25) is 0 Å². The third-order valence-electron chi connectivity index (χ3n) is 6.67. The van der Waals surface area contributed by atoms with E-state index in [1.165, 1.54) is 21.8 Å². The largest absolute Gasteiger partial charge is 0.492 e. The molecule has 3 aromatic rings. The zero-order valence-electron chi connectivity index (χ0n) is 19.2. The molecule has 0 spiro atoms. The van der Waals surface area contributed by atoms with Crippen LogP contribution in [0.15, 0.2) is 36.4 Å². The lowest BCUT2D eigenvalue weighted by molar-refractivity contribution is 0.318. The van der Waals surface area contributed by atoms with Crippen molar-refractivity contribution in [2.75, 3.05) is 70.3 Å². The second-order valence-electron chi connectivity index (χ2n) is 9.11. The molecule has 0 radical (unpaired) electrons. The number of pyridine rings is 1. The molecule has 2 atom stereocenters. The van der Waals surface area contributed by atoms with Gasteiger partial charge in [0.15, 0.2) is 0 Å². The van der Waals surface area contributed by atoms with E-state index in [4.69, 9.17) is 9.72 Å². The number of thiophene rings is 1. The van der Waals surface area contributed by atoms with Crippen molar-refractivity contribution in [3.05, 3.63) is 36.4 Å². The number of ether oxygens (including phenoxy) is 1. The molecule has 1 aromatic carbocycles. The van der Waals surface area contributed by atoms with Crippen LogP contribution in [0.5, 0.6) is 5.75 Å². The molecule has 4 heterocycles. The van der Waals surface area contributed by atoms with Crippen LogP contribution in [-0.2, 0) is 0 Å². The number of nitrogens with one attached hydrogen (secondary N) is 2. The van der Waals surface area contributed by atoms with Gasteiger partial charge in [-0.15, -0.1) is 11.3 Å². The van der Waals surface area contributed by atoms with Gasteiger partial charge in [-0.2, -0.15) is 0 Å². The van der Waals surface area contributed by atoms with Crippen molar-refractivity contribution in [2.45, 2.75) is 6.42 Å². The Morgan fingerprint density at radius 3 is 2.75 bits per heavy atom. The van der Waals surface area contributed by atoms with Crippen molar-refractivity contribution >= 4 is 32.2 Å². The number of anilines is 2. The number of benzene rings is 1. The second kappa shape index (κ2) is 9.25. The van der Waals surface area contributed by atoms with Crippen LogP contribution in [0, 0.1) is 11.8 Å². The van der Waals surface area contributed by atoms with Crippen molar-refractivity contribution in [3.63, 3.8) is 0 Å². The van der Waals surface area contributed by atoms with Crippen LogP contribution in [-0.4, -0.2) is 65.5 Å². The van der Waals surface area contributed by atoms with Gasteiger partial charge in [0.05, 0.1) is 26.6 Å². The van der Waals surface area contributed by atoms with Crippen molar-refractivity contribution in [1.29, 1.82) is 0 Å². The zero-order chi connectivity index (χ0) is 22.1. The third-order valence-corrected chi connectivity index (χ3v) is 7.99. The fraction of sp³-hybridized carbons (Fsp3) is 0.480. The van der Waals surface area contributed by atoms with Gasteiger partial charge >= 0.3 is 0 Å². The number of likely N-dealkylation sites (N-methyl/N-ethyl adjacent to an activating group) is 1. The van der Waals surface area contributed by atoms with Crippen LogP contribution in [0.3, 0.4) is 0 Å². The topological polar surface area (TPSA) is 52.7 Å².